The van der Waals surface area contributed by atoms with Crippen LogP contribution < -0.4 is 0 Å². The second kappa shape index (κ2) is 8.16. The molecule has 0 spiro atoms. The Labute approximate surface area is 149 Å². The van der Waals surface area contributed by atoms with E-state index in [0.717, 1.165) is 12.0 Å². The molecule has 1 heterocycles. The van der Waals surface area contributed by atoms with Gasteiger partial charge in [0.25, 0.3) is 0 Å². The molecule has 1 aromatic carbocycles. The maximum absolute atomic E-state index is 6.13. The van der Waals surface area contributed by atoms with E-state index in [4.69, 9.17) is 32.7 Å². The van der Waals surface area contributed by atoms with Gasteiger partial charge < -0.3 is 9.47 Å². The molecular formula is C16H19Cl2IO2. The highest BCUT2D eigenvalue weighted by atomic mass is 127. The highest BCUT2D eigenvalue weighted by Gasteiger charge is 2.33. The summed E-state index contributed by atoms with van der Waals surface area (Å²) in [6.45, 7) is 5.31. The molecule has 1 saturated heterocycles. The van der Waals surface area contributed by atoms with Crippen LogP contribution in [-0.4, -0.2) is 18.8 Å². The molecule has 0 aliphatic carbocycles. The first-order valence-corrected chi connectivity index (χ1v) is 8.96. The molecule has 0 aromatic heterocycles. The van der Waals surface area contributed by atoms with Crippen molar-refractivity contribution in [1.82, 2.24) is 0 Å². The van der Waals surface area contributed by atoms with Gasteiger partial charge in [-0.05, 0) is 41.1 Å². The Kier molecular flexibility index (Phi) is 6.81. The molecule has 0 unspecified atom stereocenters. The molecular weight excluding hydrogens is 422 g/mol. The summed E-state index contributed by atoms with van der Waals surface area (Å²) >= 11 is 14.5. The third kappa shape index (κ3) is 4.58. The van der Waals surface area contributed by atoms with Gasteiger partial charge in [-0.2, -0.15) is 0 Å². The number of ether oxygens (including phenoxy) is 2. The predicted octanol–water partition coefficient (Wildman–Crippen LogP) is 5.64. The van der Waals surface area contributed by atoms with Gasteiger partial charge in [-0.3, -0.25) is 0 Å². The van der Waals surface area contributed by atoms with E-state index < -0.39 is 0 Å². The van der Waals surface area contributed by atoms with Crippen molar-refractivity contribution in [3.8, 4) is 0 Å². The van der Waals surface area contributed by atoms with Gasteiger partial charge in [0.15, 0.2) is 0 Å². The summed E-state index contributed by atoms with van der Waals surface area (Å²) in [6, 6.07) is 5.48. The minimum absolute atomic E-state index is 0.137. The fraction of sp³-hybridized carbons (Fsp3) is 0.500. The van der Waals surface area contributed by atoms with E-state index in [9.17, 15) is 0 Å². The Hall–Kier alpha value is 0.190. The van der Waals surface area contributed by atoms with E-state index in [1.807, 2.05) is 18.2 Å². The quantitative estimate of drug-likeness (QED) is 0.551. The SMILES string of the molecule is C/C(=C\I)[C@@H]1O[C@H](COCc2c(Cl)cccc2Cl)C[C@H]1C. The lowest BCUT2D eigenvalue weighted by Crippen LogP contribution is -2.18. The minimum atomic E-state index is 0.137. The Morgan fingerprint density at radius 3 is 2.71 bits per heavy atom. The smallest absolute Gasteiger partial charge is 0.0821 e. The van der Waals surface area contributed by atoms with Crippen LogP contribution in [0, 0.1) is 5.92 Å². The monoisotopic (exact) mass is 440 g/mol. The van der Waals surface area contributed by atoms with E-state index >= 15 is 0 Å². The average molecular weight is 441 g/mol. The maximum Gasteiger partial charge on any atom is 0.0821 e. The molecule has 21 heavy (non-hydrogen) atoms. The van der Waals surface area contributed by atoms with Gasteiger partial charge in [0.2, 0.25) is 0 Å². The molecule has 1 aliphatic heterocycles. The normalized spacial score (nSPS) is 26.3. The zero-order chi connectivity index (χ0) is 15.4. The van der Waals surface area contributed by atoms with E-state index in [-0.39, 0.29) is 12.2 Å². The zero-order valence-electron chi connectivity index (χ0n) is 12.1. The summed E-state index contributed by atoms with van der Waals surface area (Å²) in [5.74, 6) is 0.522. The molecule has 1 fully saturated rings. The van der Waals surface area contributed by atoms with E-state index in [2.05, 4.69) is 40.5 Å². The number of rotatable bonds is 5. The number of hydrogen-bond donors (Lipinski definition) is 0. The van der Waals surface area contributed by atoms with Crippen LogP contribution in [-0.2, 0) is 16.1 Å². The van der Waals surface area contributed by atoms with Crippen LogP contribution in [0.25, 0.3) is 0 Å². The highest BCUT2D eigenvalue weighted by molar-refractivity contribution is 14.1. The van der Waals surface area contributed by atoms with Crippen molar-refractivity contribution >= 4 is 45.8 Å². The van der Waals surface area contributed by atoms with Gasteiger partial charge in [-0.15, -0.1) is 0 Å². The molecule has 0 bridgehead atoms. The van der Waals surface area contributed by atoms with Gasteiger partial charge >= 0.3 is 0 Å². The van der Waals surface area contributed by atoms with Crippen LogP contribution in [0.2, 0.25) is 10.0 Å². The largest absolute Gasteiger partial charge is 0.374 e. The first kappa shape index (κ1) is 17.5. The van der Waals surface area contributed by atoms with Crippen LogP contribution >= 0.6 is 45.8 Å². The lowest BCUT2D eigenvalue weighted by Gasteiger charge is -2.16. The van der Waals surface area contributed by atoms with Crippen molar-refractivity contribution < 1.29 is 9.47 Å². The Balaban J connectivity index is 1.85. The van der Waals surface area contributed by atoms with Gasteiger partial charge in [-0.1, -0.05) is 58.8 Å². The van der Waals surface area contributed by atoms with Gasteiger partial charge in [0.1, 0.15) is 0 Å². The summed E-state index contributed by atoms with van der Waals surface area (Å²) in [7, 11) is 0. The van der Waals surface area contributed by atoms with Gasteiger partial charge in [-0.25, -0.2) is 0 Å². The van der Waals surface area contributed by atoms with Crippen molar-refractivity contribution in [2.45, 2.75) is 39.1 Å². The third-order valence-corrected chi connectivity index (χ3v) is 5.41. The molecule has 0 amide bonds. The van der Waals surface area contributed by atoms with Crippen molar-refractivity contribution in [1.29, 1.82) is 0 Å². The summed E-state index contributed by atoms with van der Waals surface area (Å²) in [4.78, 5) is 0. The topological polar surface area (TPSA) is 18.5 Å². The summed E-state index contributed by atoms with van der Waals surface area (Å²) in [5, 5.41) is 1.29. The van der Waals surface area contributed by atoms with E-state index in [1.54, 1.807) is 0 Å². The first-order chi connectivity index (χ1) is 10.0. The molecule has 2 nitrogen and oxygen atoms in total. The lowest BCUT2D eigenvalue weighted by molar-refractivity contribution is -0.0116. The Morgan fingerprint density at radius 1 is 1.43 bits per heavy atom. The van der Waals surface area contributed by atoms with Crippen molar-refractivity contribution in [3.05, 3.63) is 43.5 Å². The summed E-state index contributed by atoms with van der Waals surface area (Å²) in [6.07, 6.45) is 1.36. The van der Waals surface area contributed by atoms with E-state index in [1.165, 1.54) is 5.57 Å². The molecule has 2 rings (SSSR count). The van der Waals surface area contributed by atoms with Gasteiger partial charge in [0.05, 0.1) is 25.4 Å². The van der Waals surface area contributed by atoms with E-state index in [0.29, 0.717) is 29.2 Å². The van der Waals surface area contributed by atoms with Crippen LogP contribution in [0.3, 0.4) is 0 Å². The van der Waals surface area contributed by atoms with Gasteiger partial charge in [0, 0.05) is 15.6 Å². The standard InChI is InChI=1S/C16H19Cl2IO2/c1-10-6-12(21-16(10)11(2)7-19)8-20-9-13-14(17)4-3-5-15(13)18/h3-5,7,10,12,16H,6,8-9H2,1-2H3/b11-7+/t10-,12+,16-/m1/s1. The molecule has 3 atom stereocenters. The zero-order valence-corrected chi connectivity index (χ0v) is 15.8. The second-order valence-electron chi connectivity index (χ2n) is 5.46. The molecule has 0 saturated carbocycles. The Bertz CT molecular complexity index is 499. The number of halogens is 3. The van der Waals surface area contributed by atoms with Crippen LogP contribution in [0.5, 0.6) is 0 Å². The molecule has 1 aliphatic rings. The third-order valence-electron chi connectivity index (χ3n) is 3.72. The molecule has 116 valence electrons. The molecule has 0 radical (unpaired) electrons. The number of benzene rings is 1. The minimum Gasteiger partial charge on any atom is -0.374 e. The van der Waals surface area contributed by atoms with Crippen molar-refractivity contribution in [2.75, 3.05) is 6.61 Å². The summed E-state index contributed by atoms with van der Waals surface area (Å²) in [5.41, 5.74) is 2.12. The van der Waals surface area contributed by atoms with Crippen LogP contribution in [0.1, 0.15) is 25.8 Å². The Morgan fingerprint density at radius 2 is 2.10 bits per heavy atom. The second-order valence-corrected chi connectivity index (χ2v) is 6.90. The predicted molar refractivity (Wildman–Crippen MR) is 96.3 cm³/mol. The molecule has 0 N–H and O–H groups in total. The van der Waals surface area contributed by atoms with Crippen molar-refractivity contribution in [3.63, 3.8) is 0 Å². The van der Waals surface area contributed by atoms with Crippen LogP contribution in [0.15, 0.2) is 27.9 Å². The maximum atomic E-state index is 6.13. The lowest BCUT2D eigenvalue weighted by atomic mass is 9.98. The number of hydrogen-bond acceptors (Lipinski definition) is 2. The molecule has 5 heteroatoms. The van der Waals surface area contributed by atoms with Crippen LogP contribution in [0.4, 0.5) is 0 Å². The first-order valence-electron chi connectivity index (χ1n) is 6.96. The highest BCUT2D eigenvalue weighted by Crippen LogP contribution is 2.32. The fourth-order valence-corrected chi connectivity index (χ4v) is 3.48. The molecule has 1 aromatic rings. The fourth-order valence-electron chi connectivity index (χ4n) is 2.62. The van der Waals surface area contributed by atoms with Crippen molar-refractivity contribution in [2.24, 2.45) is 5.92 Å². The average Bonchev–Trinajstić information content (AvgIpc) is 2.82. The summed E-state index contributed by atoms with van der Waals surface area (Å²) < 4.78 is 13.9.